The van der Waals surface area contributed by atoms with Gasteiger partial charge in [-0.2, -0.15) is 0 Å². The van der Waals surface area contributed by atoms with Gasteiger partial charge in [0.25, 0.3) is 11.5 Å². The molecule has 0 N–H and O–H groups in total. The third-order valence-electron chi connectivity index (χ3n) is 6.55. The number of hydrogen-bond acceptors (Lipinski definition) is 7. The Morgan fingerprint density at radius 1 is 1.03 bits per heavy atom. The Kier molecular flexibility index (Phi) is 7.50. The van der Waals surface area contributed by atoms with E-state index in [2.05, 4.69) is 41.0 Å². The molecule has 1 aromatic carbocycles. The van der Waals surface area contributed by atoms with Gasteiger partial charge >= 0.3 is 0 Å². The molecule has 0 aliphatic carbocycles. The first-order valence-electron chi connectivity index (χ1n) is 12.3. The molecule has 0 radical (unpaired) electrons. The van der Waals surface area contributed by atoms with E-state index in [1.807, 2.05) is 24.3 Å². The van der Waals surface area contributed by atoms with Gasteiger partial charge < -0.3 is 4.90 Å². The molecule has 186 valence electrons. The van der Waals surface area contributed by atoms with Crippen LogP contribution in [0.1, 0.15) is 30.9 Å². The van der Waals surface area contributed by atoms with Crippen LogP contribution in [0.25, 0.3) is 11.7 Å². The lowest BCUT2D eigenvalue weighted by atomic mass is 10.2. The zero-order valence-electron chi connectivity index (χ0n) is 20.3. The third kappa shape index (κ3) is 5.09. The summed E-state index contributed by atoms with van der Waals surface area (Å²) in [7, 11) is 0. The first-order valence-corrected chi connectivity index (χ1v) is 13.6. The number of anilines is 1. The second-order valence-corrected chi connectivity index (χ2v) is 10.7. The number of rotatable bonds is 7. The normalized spacial score (nSPS) is 18.1. The Morgan fingerprint density at radius 3 is 2.53 bits per heavy atom. The van der Waals surface area contributed by atoms with Crippen LogP contribution in [0.15, 0.2) is 64.4 Å². The molecule has 0 unspecified atom stereocenters. The van der Waals surface area contributed by atoms with Crippen molar-refractivity contribution in [2.24, 2.45) is 0 Å². The van der Waals surface area contributed by atoms with Crippen molar-refractivity contribution in [2.75, 3.05) is 37.6 Å². The number of amides is 1. The van der Waals surface area contributed by atoms with Gasteiger partial charge in [-0.1, -0.05) is 73.7 Å². The highest BCUT2D eigenvalue weighted by molar-refractivity contribution is 8.26. The van der Waals surface area contributed by atoms with Gasteiger partial charge in [0.05, 0.1) is 10.5 Å². The lowest BCUT2D eigenvalue weighted by Crippen LogP contribution is -2.47. The van der Waals surface area contributed by atoms with Gasteiger partial charge in [-0.3, -0.25) is 23.8 Å². The van der Waals surface area contributed by atoms with E-state index >= 15 is 0 Å². The van der Waals surface area contributed by atoms with Gasteiger partial charge in [0.2, 0.25) is 0 Å². The van der Waals surface area contributed by atoms with Gasteiger partial charge in [0, 0.05) is 45.5 Å². The molecule has 2 aromatic heterocycles. The van der Waals surface area contributed by atoms with Crippen LogP contribution in [0.4, 0.5) is 5.82 Å². The Bertz CT molecular complexity index is 1360. The fourth-order valence-corrected chi connectivity index (χ4v) is 5.85. The number of hydrogen-bond donors (Lipinski definition) is 0. The van der Waals surface area contributed by atoms with E-state index < -0.39 is 0 Å². The predicted molar refractivity (Wildman–Crippen MR) is 150 cm³/mol. The third-order valence-corrected chi connectivity index (χ3v) is 7.93. The molecular formula is C27H29N5O2S2. The maximum Gasteiger partial charge on any atom is 0.267 e. The van der Waals surface area contributed by atoms with E-state index in [-0.39, 0.29) is 11.5 Å². The monoisotopic (exact) mass is 519 g/mol. The Hall–Kier alpha value is -3.01. The van der Waals surface area contributed by atoms with E-state index in [0.717, 1.165) is 45.6 Å². The molecule has 0 atom stereocenters. The number of fused-ring (bicyclic) bond motifs is 1. The second-order valence-electron chi connectivity index (χ2n) is 9.02. The molecular weight excluding hydrogens is 490 g/mol. The molecule has 36 heavy (non-hydrogen) atoms. The van der Waals surface area contributed by atoms with Crippen LogP contribution in [0.2, 0.25) is 0 Å². The number of carbonyl (C=O) groups excluding carboxylic acids is 1. The van der Waals surface area contributed by atoms with Gasteiger partial charge in [-0.15, -0.1) is 0 Å². The van der Waals surface area contributed by atoms with Crippen LogP contribution in [-0.2, 0) is 11.3 Å². The summed E-state index contributed by atoms with van der Waals surface area (Å²) >= 11 is 6.74. The Labute approximate surface area is 220 Å². The average Bonchev–Trinajstić information content (AvgIpc) is 3.17. The minimum atomic E-state index is -0.179. The van der Waals surface area contributed by atoms with Crippen molar-refractivity contribution in [1.29, 1.82) is 0 Å². The summed E-state index contributed by atoms with van der Waals surface area (Å²) in [5.74, 6) is 0.499. The van der Waals surface area contributed by atoms with Crippen LogP contribution >= 0.6 is 24.0 Å². The summed E-state index contributed by atoms with van der Waals surface area (Å²) in [6.07, 6.45) is 5.28. The molecule has 5 rings (SSSR count). The summed E-state index contributed by atoms with van der Waals surface area (Å²) in [5.41, 5.74) is 2.14. The molecule has 2 aliphatic heterocycles. The number of thioether (sulfide) groups is 1. The highest BCUT2D eigenvalue weighted by Crippen LogP contribution is 2.33. The van der Waals surface area contributed by atoms with Crippen LogP contribution in [-0.4, -0.2) is 62.1 Å². The molecule has 0 spiro atoms. The van der Waals surface area contributed by atoms with E-state index in [0.29, 0.717) is 32.8 Å². The van der Waals surface area contributed by atoms with Gasteiger partial charge in [0.15, 0.2) is 0 Å². The minimum Gasteiger partial charge on any atom is -0.353 e. The maximum atomic E-state index is 13.6. The van der Waals surface area contributed by atoms with Crippen LogP contribution in [0.3, 0.4) is 0 Å². The quantitative estimate of drug-likeness (QED) is 0.345. The van der Waals surface area contributed by atoms with Crippen LogP contribution in [0.5, 0.6) is 0 Å². The topological polar surface area (TPSA) is 61.2 Å². The van der Waals surface area contributed by atoms with Crippen molar-refractivity contribution in [1.82, 2.24) is 19.2 Å². The molecule has 4 heterocycles. The number of unbranched alkanes of at least 4 members (excludes halogenated alkanes) is 1. The van der Waals surface area contributed by atoms with Gasteiger partial charge in [-0.25, -0.2) is 4.98 Å². The zero-order valence-corrected chi connectivity index (χ0v) is 21.9. The summed E-state index contributed by atoms with van der Waals surface area (Å²) in [6.45, 7) is 6.81. The van der Waals surface area contributed by atoms with Crippen LogP contribution in [0, 0.1) is 0 Å². The second kappa shape index (κ2) is 10.9. The molecule has 0 bridgehead atoms. The smallest absolute Gasteiger partial charge is 0.267 e. The number of piperazine rings is 1. The van der Waals surface area contributed by atoms with Crippen molar-refractivity contribution in [3.63, 3.8) is 0 Å². The van der Waals surface area contributed by atoms with E-state index in [9.17, 15) is 9.59 Å². The highest BCUT2D eigenvalue weighted by atomic mass is 32.2. The summed E-state index contributed by atoms with van der Waals surface area (Å²) < 4.78 is 2.09. The predicted octanol–water partition coefficient (Wildman–Crippen LogP) is 4.02. The molecule has 9 heteroatoms. The number of nitrogens with zero attached hydrogens (tertiary/aromatic N) is 5. The molecule has 2 saturated heterocycles. The first-order chi connectivity index (χ1) is 17.5. The van der Waals surface area contributed by atoms with Gasteiger partial charge in [0.1, 0.15) is 15.8 Å². The van der Waals surface area contributed by atoms with Crippen molar-refractivity contribution in [2.45, 2.75) is 26.3 Å². The fraction of sp³-hybridized carbons (Fsp3) is 0.333. The first kappa shape index (κ1) is 24.7. The molecule has 1 amide bonds. The number of carbonyl (C=O) groups is 1. The number of thiocarbonyl (C=S) groups is 1. The standard InChI is InChI=1S/C27H29N5O2S2/c1-2-3-12-32-26(34)22(36-27(32)35)18-21-24(28-23-11-7-8-13-31(23)25(21)33)30-16-14-29(15-17-30)19-20-9-5-4-6-10-20/h4-11,13,18H,2-3,12,14-17,19H2,1H3. The number of pyridine rings is 1. The molecule has 7 nitrogen and oxygen atoms in total. The molecule has 2 fully saturated rings. The zero-order chi connectivity index (χ0) is 25.1. The summed E-state index contributed by atoms with van der Waals surface area (Å²) in [6, 6.07) is 16.0. The lowest BCUT2D eigenvalue weighted by molar-refractivity contribution is -0.122. The van der Waals surface area contributed by atoms with Gasteiger partial charge in [-0.05, 0) is 30.2 Å². The summed E-state index contributed by atoms with van der Waals surface area (Å²) in [4.78, 5) is 38.3. The van der Waals surface area contributed by atoms with Crippen LogP contribution < -0.4 is 10.5 Å². The SMILES string of the molecule is CCCCN1C(=O)C(=Cc2c(N3CCN(Cc4ccccc4)CC3)nc3ccccn3c2=O)SC1=S. The molecule has 0 saturated carbocycles. The van der Waals surface area contributed by atoms with E-state index in [1.165, 1.54) is 17.3 Å². The summed E-state index contributed by atoms with van der Waals surface area (Å²) in [5, 5.41) is 0. The van der Waals surface area contributed by atoms with E-state index in [4.69, 9.17) is 17.2 Å². The van der Waals surface area contributed by atoms with Crippen molar-refractivity contribution >= 4 is 51.7 Å². The number of benzene rings is 1. The molecule has 3 aromatic rings. The maximum absolute atomic E-state index is 13.6. The van der Waals surface area contributed by atoms with E-state index in [1.54, 1.807) is 21.6 Å². The molecule has 2 aliphatic rings. The number of aromatic nitrogens is 2. The van der Waals surface area contributed by atoms with Crippen molar-refractivity contribution in [3.8, 4) is 0 Å². The van der Waals surface area contributed by atoms with Crippen molar-refractivity contribution < 1.29 is 4.79 Å². The minimum absolute atomic E-state index is 0.130. The highest BCUT2D eigenvalue weighted by Gasteiger charge is 2.32. The lowest BCUT2D eigenvalue weighted by Gasteiger charge is -2.36. The van der Waals surface area contributed by atoms with Crippen molar-refractivity contribution in [3.05, 3.63) is 81.1 Å². The Balaban J connectivity index is 1.45. The fourth-order valence-electron chi connectivity index (χ4n) is 4.56. The average molecular weight is 520 g/mol. The largest absolute Gasteiger partial charge is 0.353 e. The Morgan fingerprint density at radius 2 is 1.78 bits per heavy atom.